The highest BCUT2D eigenvalue weighted by atomic mass is 16.3. The number of fused-ring (bicyclic) bond motifs is 1. The van der Waals surface area contributed by atoms with Gasteiger partial charge in [0.25, 0.3) is 0 Å². The van der Waals surface area contributed by atoms with E-state index in [0.29, 0.717) is 18.3 Å². The zero-order valence-corrected chi connectivity index (χ0v) is 8.89. The maximum atomic E-state index is 11.1. The molecule has 0 unspecified atom stereocenters. The van der Waals surface area contributed by atoms with Crippen LogP contribution in [0.25, 0.3) is 0 Å². The molecule has 0 aromatic carbocycles. The van der Waals surface area contributed by atoms with Gasteiger partial charge in [0.05, 0.1) is 0 Å². The topological polar surface area (TPSA) is 49.3 Å². The summed E-state index contributed by atoms with van der Waals surface area (Å²) in [4.78, 5) is 11.1. The van der Waals surface area contributed by atoms with Gasteiger partial charge in [0.2, 0.25) is 0 Å². The number of rotatable bonds is 2. The van der Waals surface area contributed by atoms with Crippen LogP contribution >= 0.6 is 0 Å². The van der Waals surface area contributed by atoms with E-state index < -0.39 is 6.23 Å². The Morgan fingerprint density at radius 2 is 2.20 bits per heavy atom. The van der Waals surface area contributed by atoms with Gasteiger partial charge in [-0.05, 0) is 25.2 Å². The zero-order chi connectivity index (χ0) is 10.8. The summed E-state index contributed by atoms with van der Waals surface area (Å²) in [6.07, 6.45) is 9.05. The highest BCUT2D eigenvalue weighted by Gasteiger charge is 2.35. The molecule has 2 rings (SSSR count). The number of aliphatic hydroxyl groups is 1. The molecule has 0 bridgehead atoms. The second-order valence-corrected chi connectivity index (χ2v) is 4.44. The van der Waals surface area contributed by atoms with Crippen LogP contribution in [0.1, 0.15) is 19.8 Å². The van der Waals surface area contributed by atoms with Gasteiger partial charge < -0.3 is 5.11 Å². The van der Waals surface area contributed by atoms with Crippen molar-refractivity contribution in [3.8, 4) is 0 Å². The Hall–Kier alpha value is -0.930. The van der Waals surface area contributed by atoms with Crippen LogP contribution in [-0.4, -0.2) is 23.2 Å². The molecule has 2 N–H and O–H groups in total. The molecule has 1 heterocycles. The van der Waals surface area contributed by atoms with Crippen molar-refractivity contribution in [1.82, 2.24) is 5.32 Å². The lowest BCUT2D eigenvalue weighted by Gasteiger charge is -2.39. The highest BCUT2D eigenvalue weighted by Crippen LogP contribution is 2.32. The number of Topliss-reactive ketones (excluding diaryl/α,β-unsaturated/α-hetero) is 1. The van der Waals surface area contributed by atoms with Crippen molar-refractivity contribution in [1.29, 1.82) is 0 Å². The summed E-state index contributed by atoms with van der Waals surface area (Å²) in [5, 5.41) is 12.7. The molecule has 1 saturated heterocycles. The largest absolute Gasteiger partial charge is 0.379 e. The Morgan fingerprint density at radius 1 is 1.47 bits per heavy atom. The van der Waals surface area contributed by atoms with Crippen molar-refractivity contribution in [2.45, 2.75) is 32.0 Å². The molecule has 0 aromatic rings. The molecule has 15 heavy (non-hydrogen) atoms. The number of carbonyl (C=O) groups is 1. The van der Waals surface area contributed by atoms with Gasteiger partial charge in [0.15, 0.2) is 0 Å². The minimum Gasteiger partial charge on any atom is -0.379 e. The maximum Gasteiger partial charge on any atom is 0.131 e. The van der Waals surface area contributed by atoms with E-state index in [1.807, 2.05) is 12.2 Å². The van der Waals surface area contributed by atoms with Gasteiger partial charge in [-0.2, -0.15) is 0 Å². The summed E-state index contributed by atoms with van der Waals surface area (Å²) in [5.74, 6) is 0.890. The van der Waals surface area contributed by atoms with Crippen LogP contribution in [0.2, 0.25) is 0 Å². The maximum absolute atomic E-state index is 11.1. The van der Waals surface area contributed by atoms with Crippen molar-refractivity contribution in [2.24, 2.45) is 11.8 Å². The fourth-order valence-electron chi connectivity index (χ4n) is 2.53. The first kappa shape index (κ1) is 10.6. The third-order valence-electron chi connectivity index (χ3n) is 3.17. The van der Waals surface area contributed by atoms with Crippen molar-refractivity contribution in [3.63, 3.8) is 0 Å². The van der Waals surface area contributed by atoms with E-state index in [9.17, 15) is 9.90 Å². The summed E-state index contributed by atoms with van der Waals surface area (Å²) in [6.45, 7) is 1.60. The molecule has 0 spiro atoms. The molecule has 3 nitrogen and oxygen atoms in total. The average molecular weight is 207 g/mol. The van der Waals surface area contributed by atoms with Gasteiger partial charge in [0.1, 0.15) is 12.0 Å². The second-order valence-electron chi connectivity index (χ2n) is 4.44. The predicted octanol–water partition coefficient (Wildman–Crippen LogP) is 1.00. The first-order chi connectivity index (χ1) is 7.16. The molecular weight excluding hydrogens is 190 g/mol. The Morgan fingerprint density at radius 3 is 2.93 bits per heavy atom. The van der Waals surface area contributed by atoms with Gasteiger partial charge >= 0.3 is 0 Å². The molecule has 82 valence electrons. The minimum absolute atomic E-state index is 0.0810. The summed E-state index contributed by atoms with van der Waals surface area (Å²) >= 11 is 0. The van der Waals surface area contributed by atoms with Crippen molar-refractivity contribution < 1.29 is 9.90 Å². The third kappa shape index (κ3) is 2.36. The fourth-order valence-corrected chi connectivity index (χ4v) is 2.53. The van der Waals surface area contributed by atoms with Crippen molar-refractivity contribution in [2.75, 3.05) is 0 Å². The van der Waals surface area contributed by atoms with Crippen molar-refractivity contribution >= 4 is 5.78 Å². The number of nitrogens with one attached hydrogen (secondary N) is 1. The number of hydrogen-bond donors (Lipinski definition) is 2. The second kappa shape index (κ2) is 4.29. The molecule has 0 radical (unpaired) electrons. The van der Waals surface area contributed by atoms with Gasteiger partial charge in [-0.3, -0.25) is 10.1 Å². The average Bonchev–Trinajstić information content (AvgIpc) is 2.16. The number of carbonyl (C=O) groups excluding carboxylic acids is 1. The molecule has 4 atom stereocenters. The predicted molar refractivity (Wildman–Crippen MR) is 58.1 cm³/mol. The van der Waals surface area contributed by atoms with Gasteiger partial charge in [0, 0.05) is 12.5 Å². The van der Waals surface area contributed by atoms with E-state index in [4.69, 9.17) is 0 Å². The number of ketones is 1. The number of allylic oxidation sites excluding steroid dienone is 3. The number of aliphatic hydroxyl groups excluding tert-OH is 1. The monoisotopic (exact) mass is 207 g/mol. The first-order valence-electron chi connectivity index (χ1n) is 5.45. The molecule has 3 heteroatoms. The van der Waals surface area contributed by atoms with Crippen LogP contribution in [0.5, 0.6) is 0 Å². The van der Waals surface area contributed by atoms with Crippen molar-refractivity contribution in [3.05, 3.63) is 24.3 Å². The first-order valence-corrected chi connectivity index (χ1v) is 5.45. The van der Waals surface area contributed by atoms with Crippen LogP contribution < -0.4 is 5.32 Å². The van der Waals surface area contributed by atoms with Crippen LogP contribution in [0.3, 0.4) is 0 Å². The van der Waals surface area contributed by atoms with E-state index in [2.05, 4.69) is 17.5 Å². The lowest BCUT2D eigenvalue weighted by Crippen LogP contribution is -2.51. The van der Waals surface area contributed by atoms with E-state index >= 15 is 0 Å². The fraction of sp³-hybridized carbons (Fsp3) is 0.583. The number of piperidine rings is 1. The Kier molecular flexibility index (Phi) is 3.03. The van der Waals surface area contributed by atoms with E-state index in [1.54, 1.807) is 6.92 Å². The lowest BCUT2D eigenvalue weighted by molar-refractivity contribution is -0.118. The smallest absolute Gasteiger partial charge is 0.131 e. The van der Waals surface area contributed by atoms with E-state index in [-0.39, 0.29) is 11.8 Å². The summed E-state index contributed by atoms with van der Waals surface area (Å²) in [6, 6.07) is 0.0810. The Bertz CT molecular complexity index is 309. The summed E-state index contributed by atoms with van der Waals surface area (Å²) < 4.78 is 0. The standard InChI is InChI=1S/C12H17NO2/c1-8(14)6-11-10-5-3-2-4-9(10)7-12(15)13-11/h2-5,9-13,15H,6-7H2,1H3/t9-,10-,11+,12-/m0/s1. The van der Waals surface area contributed by atoms with Gasteiger partial charge in [-0.15, -0.1) is 0 Å². The highest BCUT2D eigenvalue weighted by molar-refractivity contribution is 5.76. The third-order valence-corrected chi connectivity index (χ3v) is 3.17. The lowest BCUT2D eigenvalue weighted by atomic mass is 9.76. The Labute approximate surface area is 89.9 Å². The minimum atomic E-state index is -0.480. The quantitative estimate of drug-likeness (QED) is 0.710. The van der Waals surface area contributed by atoms with Crippen LogP contribution in [-0.2, 0) is 4.79 Å². The van der Waals surface area contributed by atoms with E-state index in [1.165, 1.54) is 0 Å². The molecule has 1 aliphatic heterocycles. The molecule has 2 aliphatic rings. The van der Waals surface area contributed by atoms with Gasteiger partial charge in [-0.1, -0.05) is 24.3 Å². The van der Waals surface area contributed by atoms with E-state index in [0.717, 1.165) is 6.42 Å². The molecule has 0 amide bonds. The SMILES string of the molecule is CC(=O)C[C@H]1N[C@@H](O)C[C@@H]2C=CC=C[C@@H]21. The summed E-state index contributed by atoms with van der Waals surface area (Å²) in [5.41, 5.74) is 0. The molecule has 0 saturated carbocycles. The molecule has 1 fully saturated rings. The molecular formula is C12H17NO2. The zero-order valence-electron chi connectivity index (χ0n) is 8.89. The van der Waals surface area contributed by atoms with Gasteiger partial charge in [-0.25, -0.2) is 0 Å². The molecule has 1 aliphatic carbocycles. The Balaban J connectivity index is 2.11. The van der Waals surface area contributed by atoms with Crippen LogP contribution in [0, 0.1) is 11.8 Å². The van der Waals surface area contributed by atoms with Crippen LogP contribution in [0.4, 0.5) is 0 Å². The summed E-state index contributed by atoms with van der Waals surface area (Å²) in [7, 11) is 0. The normalized spacial score (nSPS) is 38.8. The van der Waals surface area contributed by atoms with Crippen LogP contribution in [0.15, 0.2) is 24.3 Å². The number of hydrogen-bond acceptors (Lipinski definition) is 3. The molecule has 0 aromatic heterocycles.